The summed E-state index contributed by atoms with van der Waals surface area (Å²) in [6.45, 7) is 0.547. The van der Waals surface area contributed by atoms with Crippen molar-refractivity contribution in [1.29, 1.82) is 0 Å². The van der Waals surface area contributed by atoms with Gasteiger partial charge in [0.2, 0.25) is 11.8 Å². The first-order chi connectivity index (χ1) is 15.5. The summed E-state index contributed by atoms with van der Waals surface area (Å²) in [7, 11) is 0. The molecule has 9 heteroatoms. The Kier molecular flexibility index (Phi) is 11.1. The van der Waals surface area contributed by atoms with E-state index in [1.54, 1.807) is 0 Å². The van der Waals surface area contributed by atoms with Crippen LogP contribution in [0.5, 0.6) is 0 Å². The number of carboxylic acid groups (broad SMARTS) is 1. The monoisotopic (exact) mass is 443 g/mol. The molecule has 1 aromatic carbocycles. The van der Waals surface area contributed by atoms with Gasteiger partial charge in [-0.05, 0) is 62.0 Å². The molecule has 0 radical (unpaired) electrons. The Bertz CT molecular complexity index is 783. The molecule has 1 aromatic rings. The summed E-state index contributed by atoms with van der Waals surface area (Å²) in [6.07, 6.45) is 6.16. The topological polar surface area (TPSA) is 144 Å². The number of nitrogens with zero attached hydrogens (tertiary/aromatic N) is 3. The number of amides is 2. The van der Waals surface area contributed by atoms with E-state index in [1.165, 1.54) is 5.56 Å². The Morgan fingerprint density at radius 3 is 2.50 bits per heavy atom. The van der Waals surface area contributed by atoms with Crippen LogP contribution >= 0.6 is 0 Å². The lowest BCUT2D eigenvalue weighted by Crippen LogP contribution is -2.43. The summed E-state index contributed by atoms with van der Waals surface area (Å²) in [5.74, 6) is -0.992. The number of aryl methyl sites for hydroxylation is 1. The van der Waals surface area contributed by atoms with E-state index in [9.17, 15) is 14.4 Å². The second kappa shape index (κ2) is 14.1. The molecular weight excluding hydrogens is 410 g/mol. The Balaban J connectivity index is 1.61. The van der Waals surface area contributed by atoms with Crippen molar-refractivity contribution in [1.82, 2.24) is 10.6 Å². The third-order valence-electron chi connectivity index (χ3n) is 5.90. The van der Waals surface area contributed by atoms with Crippen molar-refractivity contribution in [3.63, 3.8) is 0 Å². The molecule has 2 rings (SSSR count). The third-order valence-corrected chi connectivity index (χ3v) is 5.90. The predicted octanol–water partition coefficient (Wildman–Crippen LogP) is 3.59. The zero-order chi connectivity index (χ0) is 23.2. The van der Waals surface area contributed by atoms with Crippen LogP contribution in [0.2, 0.25) is 0 Å². The molecule has 2 amide bonds. The number of benzene rings is 1. The van der Waals surface area contributed by atoms with Crippen LogP contribution in [-0.2, 0) is 20.8 Å². The van der Waals surface area contributed by atoms with Crippen LogP contribution in [0, 0.1) is 11.8 Å². The first kappa shape index (κ1) is 25.2. The van der Waals surface area contributed by atoms with Crippen LogP contribution in [-0.4, -0.2) is 42.0 Å². The second-order valence-electron chi connectivity index (χ2n) is 8.43. The number of hydrogen-bond donors (Lipinski definition) is 3. The molecule has 0 spiro atoms. The van der Waals surface area contributed by atoms with Gasteiger partial charge >= 0.3 is 5.97 Å². The van der Waals surface area contributed by atoms with E-state index in [4.69, 9.17) is 10.6 Å². The fourth-order valence-corrected chi connectivity index (χ4v) is 4.06. The maximum absolute atomic E-state index is 12.5. The lowest BCUT2D eigenvalue weighted by atomic mass is 9.81. The number of aliphatic carboxylic acids is 1. The van der Waals surface area contributed by atoms with Crippen molar-refractivity contribution in [2.24, 2.45) is 17.0 Å². The minimum atomic E-state index is -1.05. The second-order valence-corrected chi connectivity index (χ2v) is 8.43. The van der Waals surface area contributed by atoms with Gasteiger partial charge in [0.1, 0.15) is 0 Å². The van der Waals surface area contributed by atoms with E-state index in [-0.39, 0.29) is 30.7 Å². The van der Waals surface area contributed by atoms with Crippen LogP contribution in [0.25, 0.3) is 10.4 Å². The molecule has 0 aromatic heterocycles. The molecule has 1 saturated carbocycles. The zero-order valence-electron chi connectivity index (χ0n) is 18.4. The van der Waals surface area contributed by atoms with Gasteiger partial charge in [0.05, 0.1) is 6.42 Å². The van der Waals surface area contributed by atoms with Gasteiger partial charge in [-0.15, -0.1) is 0 Å². The number of nitrogens with one attached hydrogen (secondary N) is 2. The number of unbranched alkanes of at least 4 members (excludes halogenated alkanes) is 1. The van der Waals surface area contributed by atoms with Gasteiger partial charge in [-0.1, -0.05) is 35.4 Å². The molecule has 1 aliphatic carbocycles. The van der Waals surface area contributed by atoms with Crippen LogP contribution in [0.1, 0.15) is 56.9 Å². The number of azide groups is 1. The predicted molar refractivity (Wildman–Crippen MR) is 121 cm³/mol. The molecule has 1 aliphatic rings. The highest BCUT2D eigenvalue weighted by atomic mass is 16.4. The minimum absolute atomic E-state index is 0.0764. The minimum Gasteiger partial charge on any atom is -0.481 e. The molecular formula is C23H33N5O4. The van der Waals surface area contributed by atoms with Gasteiger partial charge in [0.25, 0.3) is 0 Å². The fraction of sp³-hybridized carbons (Fsp3) is 0.609. The van der Waals surface area contributed by atoms with Crippen molar-refractivity contribution in [2.45, 2.75) is 63.8 Å². The molecule has 0 bridgehead atoms. The first-order valence-corrected chi connectivity index (χ1v) is 11.3. The fourth-order valence-electron chi connectivity index (χ4n) is 4.06. The van der Waals surface area contributed by atoms with E-state index >= 15 is 0 Å². The van der Waals surface area contributed by atoms with Crippen LogP contribution in [0.15, 0.2) is 35.4 Å². The maximum atomic E-state index is 12.5. The van der Waals surface area contributed by atoms with Crippen molar-refractivity contribution in [3.05, 3.63) is 46.3 Å². The molecule has 9 nitrogen and oxygen atoms in total. The highest BCUT2D eigenvalue weighted by Gasteiger charge is 2.28. The van der Waals surface area contributed by atoms with Gasteiger partial charge in [0, 0.05) is 36.4 Å². The smallest absolute Gasteiger partial charge is 0.305 e. The molecule has 32 heavy (non-hydrogen) atoms. The Morgan fingerprint density at radius 2 is 1.84 bits per heavy atom. The summed E-state index contributed by atoms with van der Waals surface area (Å²) in [5.41, 5.74) is 9.72. The number of carbonyl (C=O) groups excluding carboxylic acids is 2. The molecule has 0 aliphatic heterocycles. The van der Waals surface area contributed by atoms with Crippen molar-refractivity contribution in [2.75, 3.05) is 13.1 Å². The van der Waals surface area contributed by atoms with Gasteiger partial charge in [0.15, 0.2) is 0 Å². The number of hydrogen-bond acceptors (Lipinski definition) is 4. The normalized spacial score (nSPS) is 18.8. The van der Waals surface area contributed by atoms with Crippen molar-refractivity contribution >= 4 is 17.8 Å². The first-order valence-electron chi connectivity index (χ1n) is 11.3. The van der Waals surface area contributed by atoms with Gasteiger partial charge in [-0.25, -0.2) is 0 Å². The Morgan fingerprint density at radius 1 is 1.12 bits per heavy atom. The molecule has 3 N–H and O–H groups in total. The summed E-state index contributed by atoms with van der Waals surface area (Å²) in [6, 6.07) is 9.55. The molecule has 0 unspecified atom stereocenters. The Labute approximate surface area is 188 Å². The Hall–Kier alpha value is -3.06. The third kappa shape index (κ3) is 9.83. The zero-order valence-corrected chi connectivity index (χ0v) is 18.4. The summed E-state index contributed by atoms with van der Waals surface area (Å²) in [4.78, 5) is 38.1. The lowest BCUT2D eigenvalue weighted by Gasteiger charge is -2.29. The number of carboxylic acids is 1. The molecule has 1 fully saturated rings. The summed E-state index contributed by atoms with van der Waals surface area (Å²) in [5, 5.41) is 18.1. The highest BCUT2D eigenvalue weighted by Crippen LogP contribution is 2.28. The average Bonchev–Trinajstić information content (AvgIpc) is 2.79. The maximum Gasteiger partial charge on any atom is 0.305 e. The molecule has 0 heterocycles. The van der Waals surface area contributed by atoms with E-state index in [0.717, 1.165) is 32.1 Å². The molecule has 174 valence electrons. The largest absolute Gasteiger partial charge is 0.481 e. The van der Waals surface area contributed by atoms with E-state index in [1.807, 2.05) is 18.2 Å². The number of rotatable bonds is 13. The molecule has 1 atom stereocenters. The quantitative estimate of drug-likeness (QED) is 0.185. The van der Waals surface area contributed by atoms with E-state index < -0.39 is 12.0 Å². The van der Waals surface area contributed by atoms with Crippen LogP contribution in [0.4, 0.5) is 0 Å². The van der Waals surface area contributed by atoms with Crippen LogP contribution in [0.3, 0.4) is 0 Å². The average molecular weight is 444 g/mol. The summed E-state index contributed by atoms with van der Waals surface area (Å²) >= 11 is 0. The molecule has 0 saturated heterocycles. The van der Waals surface area contributed by atoms with Crippen LogP contribution < -0.4 is 10.6 Å². The van der Waals surface area contributed by atoms with Crippen molar-refractivity contribution in [3.8, 4) is 0 Å². The standard InChI is InChI=1S/C23H33N5O4/c24-28-26-16-20(14-22(30)31)27-23(32)19-12-10-18(11-13-19)15-25-21(29)9-5-4-8-17-6-2-1-3-7-17/h1-3,6-7,18-20H,4-5,8-16H2,(H,25,29)(H,27,32)(H,30,31)/t18?,19?,20-/m0/s1. The summed E-state index contributed by atoms with van der Waals surface area (Å²) < 4.78 is 0. The van der Waals surface area contributed by atoms with Gasteiger partial charge < -0.3 is 15.7 Å². The van der Waals surface area contributed by atoms with E-state index in [0.29, 0.717) is 31.7 Å². The van der Waals surface area contributed by atoms with Gasteiger partial charge in [-0.2, -0.15) is 0 Å². The SMILES string of the molecule is [N-]=[N+]=NC[C@H](CC(=O)O)NC(=O)C1CCC(CNC(=O)CCCCc2ccccc2)CC1. The van der Waals surface area contributed by atoms with E-state index in [2.05, 4.69) is 32.8 Å². The lowest BCUT2D eigenvalue weighted by molar-refractivity contribution is -0.138. The van der Waals surface area contributed by atoms with Crippen molar-refractivity contribution < 1.29 is 19.5 Å². The van der Waals surface area contributed by atoms with Gasteiger partial charge in [-0.3, -0.25) is 14.4 Å². The highest BCUT2D eigenvalue weighted by molar-refractivity contribution is 5.80. The number of carbonyl (C=O) groups is 3.